The molecular formula is C23H16F8N2O3. The van der Waals surface area contributed by atoms with Crippen molar-refractivity contribution in [3.8, 4) is 11.1 Å². The lowest BCUT2D eigenvalue weighted by Gasteiger charge is -2.19. The number of aromatic nitrogens is 1. The molecule has 1 aromatic heterocycles. The number of benzene rings is 2. The van der Waals surface area contributed by atoms with Crippen LogP contribution in [0.3, 0.4) is 0 Å². The second-order valence-corrected chi connectivity index (χ2v) is 7.78. The number of alkyl halides is 6. The molecule has 192 valence electrons. The lowest BCUT2D eigenvalue weighted by atomic mass is 9.96. The lowest BCUT2D eigenvalue weighted by Crippen LogP contribution is -2.38. The van der Waals surface area contributed by atoms with Gasteiger partial charge in [0.05, 0.1) is 6.04 Å². The Balaban J connectivity index is 1.99. The predicted octanol–water partition coefficient (Wildman–Crippen LogP) is 5.37. The molecule has 1 heterocycles. The third-order valence-electron chi connectivity index (χ3n) is 5.16. The van der Waals surface area contributed by atoms with E-state index in [9.17, 15) is 50.2 Å². The van der Waals surface area contributed by atoms with Gasteiger partial charge in [0.2, 0.25) is 0 Å². The maximum Gasteiger partial charge on any atom is 0.478 e. The summed E-state index contributed by atoms with van der Waals surface area (Å²) in [5.74, 6) is -3.14. The Morgan fingerprint density at radius 2 is 1.64 bits per heavy atom. The molecule has 0 fully saturated rings. The number of halogens is 8. The molecule has 0 radical (unpaired) electrons. The number of rotatable bonds is 5. The number of nitrogens with one attached hydrogen (secondary N) is 1. The quantitative estimate of drug-likeness (QED) is 0.270. The first-order chi connectivity index (χ1) is 16.6. The summed E-state index contributed by atoms with van der Waals surface area (Å²) in [5, 5.41) is 23.7. The highest BCUT2D eigenvalue weighted by Gasteiger charge is 2.41. The molecule has 0 bridgehead atoms. The molecule has 2 aromatic carbocycles. The number of nitrogens with zero attached hydrogens (tertiary/aromatic N) is 1. The van der Waals surface area contributed by atoms with E-state index in [-0.39, 0.29) is 16.7 Å². The van der Waals surface area contributed by atoms with Crippen molar-refractivity contribution in [2.75, 3.05) is 0 Å². The second kappa shape index (κ2) is 9.72. The average molecular weight is 520 g/mol. The summed E-state index contributed by atoms with van der Waals surface area (Å²) in [6, 6.07) is 5.09. The Morgan fingerprint density at radius 1 is 0.972 bits per heavy atom. The highest BCUT2D eigenvalue weighted by atomic mass is 19.4. The molecule has 3 aromatic rings. The van der Waals surface area contributed by atoms with Crippen molar-refractivity contribution in [1.29, 1.82) is 0 Å². The van der Waals surface area contributed by atoms with E-state index in [1.165, 1.54) is 6.92 Å². The molecule has 0 spiro atoms. The summed E-state index contributed by atoms with van der Waals surface area (Å²) in [6.45, 7) is 1.30. The van der Waals surface area contributed by atoms with Crippen molar-refractivity contribution in [2.45, 2.75) is 31.4 Å². The number of hydrogen-bond acceptors (Lipinski definition) is 3. The SMILES string of the molecule is C[C@@H](NC(=O)c1cc(-c2ccc(F)cc2F)cc(C(O)C(F)(F)F)c1)c1ccc(C(F)(F)F)[n+]([O-])c1. The smallest absolute Gasteiger partial charge is 0.478 e. The summed E-state index contributed by atoms with van der Waals surface area (Å²) < 4.78 is 105. The number of carbonyl (C=O) groups excluding carboxylic acids is 1. The minimum Gasteiger partial charge on any atom is -0.618 e. The van der Waals surface area contributed by atoms with Crippen LogP contribution in [0, 0.1) is 16.8 Å². The third-order valence-corrected chi connectivity index (χ3v) is 5.16. The van der Waals surface area contributed by atoms with Gasteiger partial charge in [0.15, 0.2) is 12.3 Å². The van der Waals surface area contributed by atoms with Gasteiger partial charge in [-0.05, 0) is 54.4 Å². The summed E-state index contributed by atoms with van der Waals surface area (Å²) in [6.07, 6.45) is -12.5. The van der Waals surface area contributed by atoms with Crippen LogP contribution in [0.25, 0.3) is 11.1 Å². The average Bonchev–Trinajstić information content (AvgIpc) is 2.76. The maximum atomic E-state index is 14.3. The molecule has 1 amide bonds. The zero-order valence-corrected chi connectivity index (χ0v) is 18.1. The molecule has 2 atom stereocenters. The minimum absolute atomic E-state index is 0.0531. The van der Waals surface area contributed by atoms with Crippen LogP contribution in [0.2, 0.25) is 0 Å². The summed E-state index contributed by atoms with van der Waals surface area (Å²) >= 11 is 0. The van der Waals surface area contributed by atoms with Crippen LogP contribution in [-0.4, -0.2) is 17.2 Å². The summed E-state index contributed by atoms with van der Waals surface area (Å²) in [7, 11) is 0. The normalized spacial score (nSPS) is 13.8. The van der Waals surface area contributed by atoms with Gasteiger partial charge in [-0.25, -0.2) is 8.78 Å². The van der Waals surface area contributed by atoms with E-state index in [4.69, 9.17) is 0 Å². The van der Waals surface area contributed by atoms with Gasteiger partial charge in [-0.3, -0.25) is 4.79 Å². The van der Waals surface area contributed by atoms with Crippen LogP contribution in [0.5, 0.6) is 0 Å². The van der Waals surface area contributed by atoms with Crippen molar-refractivity contribution in [3.05, 3.63) is 94.0 Å². The van der Waals surface area contributed by atoms with Crippen molar-refractivity contribution in [3.63, 3.8) is 0 Å². The van der Waals surface area contributed by atoms with Crippen molar-refractivity contribution < 1.29 is 49.8 Å². The zero-order valence-electron chi connectivity index (χ0n) is 18.1. The van der Waals surface area contributed by atoms with E-state index in [1.807, 2.05) is 0 Å². The van der Waals surface area contributed by atoms with Gasteiger partial charge in [-0.15, -0.1) is 0 Å². The van der Waals surface area contributed by atoms with Gasteiger partial charge in [0.1, 0.15) is 11.6 Å². The van der Waals surface area contributed by atoms with Crippen molar-refractivity contribution >= 4 is 5.91 Å². The fourth-order valence-electron chi connectivity index (χ4n) is 3.34. The van der Waals surface area contributed by atoms with E-state index in [1.54, 1.807) is 0 Å². The molecule has 13 heteroatoms. The number of amides is 1. The second-order valence-electron chi connectivity index (χ2n) is 7.78. The van der Waals surface area contributed by atoms with Gasteiger partial charge in [0, 0.05) is 28.8 Å². The van der Waals surface area contributed by atoms with E-state index in [2.05, 4.69) is 5.32 Å². The Labute approximate surface area is 198 Å². The number of hydrogen-bond donors (Lipinski definition) is 2. The standard InChI is InChI=1S/C23H16F8N2O3/c1-11(12-2-5-19(22(26,27)28)33(36)10-12)32-21(35)15-7-13(17-4-3-16(24)9-18(17)25)6-14(8-15)20(34)23(29,30)31/h2-11,20,34H,1H3,(H,32,35)/t11-,20?/m1/s1. The topological polar surface area (TPSA) is 76.3 Å². The van der Waals surface area contributed by atoms with Gasteiger partial charge >= 0.3 is 12.4 Å². The Morgan fingerprint density at radius 3 is 2.19 bits per heavy atom. The molecule has 0 aliphatic rings. The monoisotopic (exact) mass is 520 g/mol. The van der Waals surface area contributed by atoms with Crippen LogP contribution in [0.15, 0.2) is 54.7 Å². The highest BCUT2D eigenvalue weighted by Crippen LogP contribution is 2.36. The largest absolute Gasteiger partial charge is 0.618 e. The molecule has 0 saturated carbocycles. The van der Waals surface area contributed by atoms with Crippen LogP contribution in [0.4, 0.5) is 35.1 Å². The fourth-order valence-corrected chi connectivity index (χ4v) is 3.34. The molecule has 3 rings (SSSR count). The lowest BCUT2D eigenvalue weighted by molar-refractivity contribution is -0.629. The van der Waals surface area contributed by atoms with Crippen molar-refractivity contribution in [2.24, 2.45) is 0 Å². The summed E-state index contributed by atoms with van der Waals surface area (Å²) in [5.41, 5.74) is -3.47. The maximum absolute atomic E-state index is 14.3. The molecular weight excluding hydrogens is 504 g/mol. The van der Waals surface area contributed by atoms with Gasteiger partial charge in [-0.2, -0.15) is 31.1 Å². The predicted molar refractivity (Wildman–Crippen MR) is 109 cm³/mol. The first kappa shape index (κ1) is 26.9. The van der Waals surface area contributed by atoms with E-state index >= 15 is 0 Å². The fraction of sp³-hybridized carbons (Fsp3) is 0.217. The molecule has 1 unspecified atom stereocenters. The van der Waals surface area contributed by atoms with Gasteiger partial charge in [-0.1, -0.05) is 0 Å². The molecule has 0 aliphatic heterocycles. The highest BCUT2D eigenvalue weighted by molar-refractivity contribution is 5.96. The molecule has 0 aliphatic carbocycles. The van der Waals surface area contributed by atoms with Gasteiger partial charge in [0.25, 0.3) is 11.6 Å². The Hall–Kier alpha value is -3.74. The minimum atomic E-state index is -5.14. The first-order valence-corrected chi connectivity index (χ1v) is 10.0. The molecule has 0 saturated heterocycles. The van der Waals surface area contributed by atoms with E-state index < -0.39 is 63.6 Å². The van der Waals surface area contributed by atoms with Crippen LogP contribution >= 0.6 is 0 Å². The van der Waals surface area contributed by atoms with Crippen molar-refractivity contribution in [1.82, 2.24) is 5.32 Å². The Kier molecular flexibility index (Phi) is 7.25. The molecule has 5 nitrogen and oxygen atoms in total. The number of aliphatic hydroxyl groups is 1. The van der Waals surface area contributed by atoms with E-state index in [0.29, 0.717) is 24.4 Å². The number of pyridine rings is 1. The Bertz CT molecular complexity index is 1290. The summed E-state index contributed by atoms with van der Waals surface area (Å²) in [4.78, 5) is 12.8. The first-order valence-electron chi connectivity index (χ1n) is 10.0. The van der Waals surface area contributed by atoms with E-state index in [0.717, 1.165) is 30.3 Å². The number of carbonyl (C=O) groups is 1. The zero-order chi connectivity index (χ0) is 27.0. The van der Waals surface area contributed by atoms with Gasteiger partial charge < -0.3 is 15.6 Å². The third kappa shape index (κ3) is 5.90. The van der Waals surface area contributed by atoms with Crippen LogP contribution in [0.1, 0.15) is 46.2 Å². The number of aliphatic hydroxyl groups excluding tert-OH is 1. The molecule has 36 heavy (non-hydrogen) atoms. The molecule has 2 N–H and O–H groups in total. The van der Waals surface area contributed by atoms with Crippen LogP contribution in [-0.2, 0) is 6.18 Å². The van der Waals surface area contributed by atoms with Crippen LogP contribution < -0.4 is 10.0 Å².